The van der Waals surface area contributed by atoms with Gasteiger partial charge in [-0.25, -0.2) is 4.98 Å². The van der Waals surface area contributed by atoms with E-state index in [9.17, 15) is 5.26 Å². The zero-order chi connectivity index (χ0) is 12.4. The summed E-state index contributed by atoms with van der Waals surface area (Å²) < 4.78 is 0. The largest absolute Gasteiger partial charge is 0.350 e. The van der Waals surface area contributed by atoms with Gasteiger partial charge in [0.15, 0.2) is 0 Å². The van der Waals surface area contributed by atoms with Gasteiger partial charge in [-0.05, 0) is 32.4 Å². The molecule has 0 aliphatic carbocycles. The lowest BCUT2D eigenvalue weighted by molar-refractivity contribution is 0.496. The van der Waals surface area contributed by atoms with Crippen molar-refractivity contribution < 1.29 is 0 Å². The minimum atomic E-state index is 0.379. The summed E-state index contributed by atoms with van der Waals surface area (Å²) in [6.45, 7) is 8.91. The number of rotatable bonds is 1. The number of aryl methyl sites for hydroxylation is 2. The maximum absolute atomic E-state index is 9.27. The molecule has 1 aromatic rings. The molecule has 0 amide bonds. The SMILES string of the molecule is Cc1cc(C)c(C#N)c(N2CCNCC2C)n1. The molecule has 1 unspecified atom stereocenters. The highest BCUT2D eigenvalue weighted by Crippen LogP contribution is 2.24. The van der Waals surface area contributed by atoms with Crippen LogP contribution in [0.1, 0.15) is 23.7 Å². The van der Waals surface area contributed by atoms with Crippen LogP contribution in [0.15, 0.2) is 6.07 Å². The molecule has 1 aromatic heterocycles. The number of hydrogen-bond acceptors (Lipinski definition) is 4. The van der Waals surface area contributed by atoms with Gasteiger partial charge in [-0.3, -0.25) is 0 Å². The van der Waals surface area contributed by atoms with Gasteiger partial charge in [0.1, 0.15) is 11.9 Å². The Bertz CT molecular complexity index is 461. The lowest BCUT2D eigenvalue weighted by Crippen LogP contribution is -2.50. The summed E-state index contributed by atoms with van der Waals surface area (Å²) in [7, 11) is 0. The Morgan fingerprint density at radius 3 is 2.94 bits per heavy atom. The highest BCUT2D eigenvalue weighted by Gasteiger charge is 2.23. The molecule has 1 N–H and O–H groups in total. The van der Waals surface area contributed by atoms with Crippen molar-refractivity contribution in [1.82, 2.24) is 10.3 Å². The number of nitrogens with one attached hydrogen (secondary N) is 1. The van der Waals surface area contributed by atoms with E-state index in [2.05, 4.69) is 28.2 Å². The summed E-state index contributed by atoms with van der Waals surface area (Å²) in [5, 5.41) is 12.6. The Hall–Kier alpha value is -1.60. The second kappa shape index (κ2) is 4.72. The van der Waals surface area contributed by atoms with Crippen LogP contribution in [0.4, 0.5) is 5.82 Å². The summed E-state index contributed by atoms with van der Waals surface area (Å²) in [4.78, 5) is 6.79. The molecule has 1 saturated heterocycles. The Balaban J connectivity index is 2.46. The molecule has 0 saturated carbocycles. The van der Waals surface area contributed by atoms with Gasteiger partial charge in [-0.2, -0.15) is 5.26 Å². The molecule has 0 radical (unpaired) electrons. The van der Waals surface area contributed by atoms with Crippen LogP contribution in [-0.4, -0.2) is 30.7 Å². The molecule has 0 bridgehead atoms. The second-order valence-electron chi connectivity index (χ2n) is 4.64. The third-order valence-electron chi connectivity index (χ3n) is 3.21. The van der Waals surface area contributed by atoms with Crippen molar-refractivity contribution >= 4 is 5.82 Å². The van der Waals surface area contributed by atoms with E-state index in [1.54, 1.807) is 0 Å². The second-order valence-corrected chi connectivity index (χ2v) is 4.64. The third kappa shape index (κ3) is 2.25. The Labute approximate surface area is 102 Å². The molecule has 1 fully saturated rings. The molecule has 2 heterocycles. The Morgan fingerprint density at radius 1 is 1.53 bits per heavy atom. The van der Waals surface area contributed by atoms with Crippen molar-refractivity contribution in [3.05, 3.63) is 22.9 Å². The summed E-state index contributed by atoms with van der Waals surface area (Å²) in [5.74, 6) is 0.846. The van der Waals surface area contributed by atoms with Crippen LogP contribution >= 0.6 is 0 Å². The fraction of sp³-hybridized carbons (Fsp3) is 0.538. The lowest BCUT2D eigenvalue weighted by Gasteiger charge is -2.35. The average Bonchev–Trinajstić information content (AvgIpc) is 2.28. The molecule has 90 valence electrons. The van der Waals surface area contributed by atoms with E-state index in [0.29, 0.717) is 11.6 Å². The van der Waals surface area contributed by atoms with Gasteiger partial charge < -0.3 is 10.2 Å². The monoisotopic (exact) mass is 230 g/mol. The number of hydrogen-bond donors (Lipinski definition) is 1. The van der Waals surface area contributed by atoms with E-state index in [1.807, 2.05) is 19.9 Å². The van der Waals surface area contributed by atoms with E-state index in [4.69, 9.17) is 0 Å². The van der Waals surface area contributed by atoms with Crippen LogP contribution in [0.25, 0.3) is 0 Å². The number of nitrogens with zero attached hydrogens (tertiary/aromatic N) is 3. The van der Waals surface area contributed by atoms with E-state index < -0.39 is 0 Å². The van der Waals surface area contributed by atoms with Gasteiger partial charge in [0.25, 0.3) is 0 Å². The van der Waals surface area contributed by atoms with Gasteiger partial charge in [-0.15, -0.1) is 0 Å². The number of piperazine rings is 1. The highest BCUT2D eigenvalue weighted by atomic mass is 15.3. The molecule has 0 aromatic carbocycles. The molecular formula is C13H18N4. The number of pyridine rings is 1. The van der Waals surface area contributed by atoms with E-state index >= 15 is 0 Å². The normalized spacial score (nSPS) is 20.1. The smallest absolute Gasteiger partial charge is 0.147 e. The van der Waals surface area contributed by atoms with Gasteiger partial charge in [-0.1, -0.05) is 0 Å². The van der Waals surface area contributed by atoms with Crippen molar-refractivity contribution in [3.63, 3.8) is 0 Å². The molecule has 1 aliphatic rings. The van der Waals surface area contributed by atoms with Crippen LogP contribution in [0.3, 0.4) is 0 Å². The van der Waals surface area contributed by atoms with Gasteiger partial charge in [0.05, 0.1) is 5.56 Å². The standard InChI is InChI=1S/C13H18N4/c1-9-6-10(2)16-13(12(9)7-14)17-5-4-15-8-11(17)3/h6,11,15H,4-5,8H2,1-3H3. The molecule has 1 aliphatic heterocycles. The van der Waals surface area contributed by atoms with Crippen molar-refractivity contribution in [3.8, 4) is 6.07 Å². The Morgan fingerprint density at radius 2 is 2.29 bits per heavy atom. The predicted molar refractivity (Wildman–Crippen MR) is 68.1 cm³/mol. The van der Waals surface area contributed by atoms with Crippen LogP contribution in [-0.2, 0) is 0 Å². The third-order valence-corrected chi connectivity index (χ3v) is 3.21. The first kappa shape index (κ1) is 11.9. The van der Waals surface area contributed by atoms with Crippen molar-refractivity contribution in [2.75, 3.05) is 24.5 Å². The maximum Gasteiger partial charge on any atom is 0.147 e. The van der Waals surface area contributed by atoms with Gasteiger partial charge in [0, 0.05) is 31.4 Å². The maximum atomic E-state index is 9.27. The van der Waals surface area contributed by atoms with Crippen molar-refractivity contribution in [2.45, 2.75) is 26.8 Å². The Kier molecular flexibility index (Phi) is 3.30. The van der Waals surface area contributed by atoms with Crippen molar-refractivity contribution in [1.29, 1.82) is 5.26 Å². The predicted octanol–water partition coefficient (Wildman–Crippen LogP) is 1.37. The van der Waals surface area contributed by atoms with E-state index in [1.165, 1.54) is 0 Å². The zero-order valence-electron chi connectivity index (χ0n) is 10.6. The lowest BCUT2D eigenvalue weighted by atomic mass is 10.1. The first-order valence-electron chi connectivity index (χ1n) is 5.99. The minimum Gasteiger partial charge on any atom is -0.350 e. The summed E-state index contributed by atoms with van der Waals surface area (Å²) in [6.07, 6.45) is 0. The van der Waals surface area contributed by atoms with Crippen LogP contribution in [0.2, 0.25) is 0 Å². The minimum absolute atomic E-state index is 0.379. The number of nitriles is 1. The van der Waals surface area contributed by atoms with Gasteiger partial charge in [0.2, 0.25) is 0 Å². The number of anilines is 1. The summed E-state index contributed by atoms with van der Waals surface area (Å²) in [6, 6.07) is 4.63. The summed E-state index contributed by atoms with van der Waals surface area (Å²) in [5.41, 5.74) is 2.70. The number of aromatic nitrogens is 1. The van der Waals surface area contributed by atoms with E-state index in [0.717, 1.165) is 36.7 Å². The molecule has 17 heavy (non-hydrogen) atoms. The van der Waals surface area contributed by atoms with Gasteiger partial charge >= 0.3 is 0 Å². The molecule has 0 spiro atoms. The fourth-order valence-electron chi connectivity index (χ4n) is 2.32. The topological polar surface area (TPSA) is 52.0 Å². The quantitative estimate of drug-likeness (QED) is 0.791. The van der Waals surface area contributed by atoms with E-state index in [-0.39, 0.29) is 0 Å². The summed E-state index contributed by atoms with van der Waals surface area (Å²) >= 11 is 0. The highest BCUT2D eigenvalue weighted by molar-refractivity contribution is 5.58. The van der Waals surface area contributed by atoms with Crippen LogP contribution in [0, 0.1) is 25.2 Å². The first-order valence-corrected chi connectivity index (χ1v) is 5.99. The fourth-order valence-corrected chi connectivity index (χ4v) is 2.32. The zero-order valence-corrected chi connectivity index (χ0v) is 10.6. The molecule has 4 nitrogen and oxygen atoms in total. The van der Waals surface area contributed by atoms with Crippen molar-refractivity contribution in [2.24, 2.45) is 0 Å². The molecule has 1 atom stereocenters. The first-order chi connectivity index (χ1) is 8.13. The molecule has 4 heteroatoms. The molecule has 2 rings (SSSR count). The van der Waals surface area contributed by atoms with Crippen LogP contribution in [0.5, 0.6) is 0 Å². The molecular weight excluding hydrogens is 212 g/mol. The average molecular weight is 230 g/mol. The van der Waals surface area contributed by atoms with Crippen LogP contribution < -0.4 is 10.2 Å².